The van der Waals surface area contributed by atoms with Crippen LogP contribution in [0.3, 0.4) is 0 Å². The minimum atomic E-state index is -0.0595. The quantitative estimate of drug-likeness (QED) is 0.759. The number of benzene rings is 1. The average molecular weight is 427 g/mol. The van der Waals surface area contributed by atoms with Gasteiger partial charge in [0.2, 0.25) is 0 Å². The number of halogens is 3. The molecule has 1 unspecified atom stereocenters. The summed E-state index contributed by atoms with van der Waals surface area (Å²) in [6.07, 6.45) is 0. The van der Waals surface area contributed by atoms with Gasteiger partial charge >= 0.3 is 0 Å². The van der Waals surface area contributed by atoms with E-state index in [2.05, 4.69) is 4.98 Å². The van der Waals surface area contributed by atoms with Gasteiger partial charge in [-0.1, -0.05) is 11.6 Å². The van der Waals surface area contributed by atoms with Crippen LogP contribution in [0.1, 0.15) is 27.3 Å². The topological polar surface area (TPSA) is 68.5 Å². The monoisotopic (exact) mass is 425 g/mol. The number of ether oxygens (including phenoxy) is 1. The Hall–Kier alpha value is -1.05. The second-order valence-electron chi connectivity index (χ2n) is 5.27. The van der Waals surface area contributed by atoms with Crippen LogP contribution in [0.4, 0.5) is 0 Å². The number of carbonyl (C=O) groups excluding carboxylic acids is 1. The van der Waals surface area contributed by atoms with Crippen LogP contribution >= 0.6 is 47.8 Å². The van der Waals surface area contributed by atoms with Crippen LogP contribution in [0.15, 0.2) is 24.3 Å². The molecule has 140 valence electrons. The molecule has 2 N–H and O–H groups in total. The predicted octanol–water partition coefficient (Wildman–Crippen LogP) is 3.95. The van der Waals surface area contributed by atoms with E-state index in [9.17, 15) is 4.79 Å². The zero-order valence-corrected chi connectivity index (χ0v) is 17.4. The number of thiazole rings is 1. The summed E-state index contributed by atoms with van der Waals surface area (Å²) in [6, 6.07) is 7.11. The van der Waals surface area contributed by atoms with Gasteiger partial charge in [0.1, 0.15) is 22.2 Å². The Bertz CT molecular complexity index is 680. The van der Waals surface area contributed by atoms with Crippen LogP contribution in [0.25, 0.3) is 0 Å². The molecule has 1 aromatic heterocycles. The number of nitrogens with two attached hydrogens (primary N) is 1. The molecule has 0 bridgehead atoms. The maximum absolute atomic E-state index is 12.5. The first-order valence-electron chi connectivity index (χ1n) is 7.24. The van der Waals surface area contributed by atoms with Gasteiger partial charge < -0.3 is 15.4 Å². The minimum Gasteiger partial charge on any atom is -0.486 e. The molecular formula is C16H22Cl3N3O2S. The molecule has 0 fully saturated rings. The first-order chi connectivity index (χ1) is 10.9. The third-order valence-electron chi connectivity index (χ3n) is 3.53. The average Bonchev–Trinajstić information content (AvgIpc) is 2.93. The molecule has 25 heavy (non-hydrogen) atoms. The Kier molecular flexibility index (Phi) is 10.4. The lowest BCUT2D eigenvalue weighted by Crippen LogP contribution is -2.39. The summed E-state index contributed by atoms with van der Waals surface area (Å²) in [7, 11) is 1.75. The van der Waals surface area contributed by atoms with Crippen LogP contribution in [-0.2, 0) is 6.61 Å². The number of nitrogens with zero attached hydrogens (tertiary/aromatic N) is 2. The van der Waals surface area contributed by atoms with Gasteiger partial charge in [0, 0.05) is 24.7 Å². The molecule has 1 aromatic carbocycles. The van der Waals surface area contributed by atoms with Crippen molar-refractivity contribution in [2.24, 2.45) is 5.73 Å². The molecule has 1 atom stereocenters. The van der Waals surface area contributed by atoms with Crippen LogP contribution < -0.4 is 10.5 Å². The molecule has 0 saturated carbocycles. The lowest BCUT2D eigenvalue weighted by molar-refractivity contribution is 0.0752. The minimum absolute atomic E-state index is 0. The molecule has 0 aliphatic heterocycles. The number of hydrogen-bond acceptors (Lipinski definition) is 5. The molecule has 1 heterocycles. The Labute approximate surface area is 169 Å². The van der Waals surface area contributed by atoms with Crippen LogP contribution in [0.2, 0.25) is 5.02 Å². The number of amides is 1. The number of hydrogen-bond donors (Lipinski definition) is 1. The molecule has 2 rings (SSSR count). The highest BCUT2D eigenvalue weighted by molar-refractivity contribution is 7.13. The van der Waals surface area contributed by atoms with E-state index in [4.69, 9.17) is 22.1 Å². The molecule has 0 aliphatic carbocycles. The van der Waals surface area contributed by atoms with Gasteiger partial charge in [-0.3, -0.25) is 4.79 Å². The smallest absolute Gasteiger partial charge is 0.265 e. The van der Waals surface area contributed by atoms with E-state index < -0.39 is 0 Å². The van der Waals surface area contributed by atoms with Gasteiger partial charge in [0.15, 0.2) is 0 Å². The van der Waals surface area contributed by atoms with Crippen LogP contribution in [-0.4, -0.2) is 35.4 Å². The normalized spacial score (nSPS) is 11.1. The molecule has 0 aliphatic rings. The van der Waals surface area contributed by atoms with E-state index in [1.54, 1.807) is 36.2 Å². The molecule has 0 radical (unpaired) electrons. The molecule has 5 nitrogen and oxygen atoms in total. The summed E-state index contributed by atoms with van der Waals surface area (Å²) in [4.78, 5) is 19.2. The number of rotatable bonds is 6. The van der Waals surface area contributed by atoms with E-state index in [-0.39, 0.29) is 36.8 Å². The summed E-state index contributed by atoms with van der Waals surface area (Å²) >= 11 is 7.19. The SMILES string of the molecule is Cc1nc(COc2ccc(Cl)cc2)sc1C(=O)N(C)C(C)CN.Cl.Cl. The van der Waals surface area contributed by atoms with Gasteiger partial charge in [0.05, 0.1) is 5.69 Å². The first kappa shape index (κ1) is 23.9. The van der Waals surface area contributed by atoms with Gasteiger partial charge in [-0.15, -0.1) is 36.2 Å². The lowest BCUT2D eigenvalue weighted by atomic mass is 10.2. The maximum Gasteiger partial charge on any atom is 0.265 e. The second kappa shape index (κ2) is 10.8. The summed E-state index contributed by atoms with van der Waals surface area (Å²) in [5.41, 5.74) is 6.33. The predicted molar refractivity (Wildman–Crippen MR) is 108 cm³/mol. The summed E-state index contributed by atoms with van der Waals surface area (Å²) in [6.45, 7) is 4.48. The zero-order valence-electron chi connectivity index (χ0n) is 14.2. The summed E-state index contributed by atoms with van der Waals surface area (Å²) in [5, 5.41) is 1.42. The van der Waals surface area contributed by atoms with E-state index in [1.807, 2.05) is 13.8 Å². The maximum atomic E-state index is 12.5. The molecule has 0 spiro atoms. The fraction of sp³-hybridized carbons (Fsp3) is 0.375. The zero-order chi connectivity index (χ0) is 17.0. The lowest BCUT2D eigenvalue weighted by Gasteiger charge is -2.23. The summed E-state index contributed by atoms with van der Waals surface area (Å²) in [5.74, 6) is 0.652. The molecule has 0 saturated heterocycles. The van der Waals surface area contributed by atoms with Crippen molar-refractivity contribution in [3.8, 4) is 5.75 Å². The largest absolute Gasteiger partial charge is 0.486 e. The van der Waals surface area contributed by atoms with Gasteiger partial charge in [-0.05, 0) is 38.1 Å². The van der Waals surface area contributed by atoms with Crippen molar-refractivity contribution >= 4 is 53.7 Å². The van der Waals surface area contributed by atoms with E-state index in [0.717, 1.165) is 5.01 Å². The van der Waals surface area contributed by atoms with E-state index in [1.165, 1.54) is 11.3 Å². The number of carbonyl (C=O) groups is 1. The van der Waals surface area contributed by atoms with Crippen molar-refractivity contribution in [2.75, 3.05) is 13.6 Å². The Morgan fingerprint density at radius 1 is 1.36 bits per heavy atom. The summed E-state index contributed by atoms with van der Waals surface area (Å²) < 4.78 is 5.67. The Morgan fingerprint density at radius 2 is 1.96 bits per heavy atom. The third-order valence-corrected chi connectivity index (χ3v) is 4.90. The van der Waals surface area contributed by atoms with Crippen molar-refractivity contribution in [1.29, 1.82) is 0 Å². The fourth-order valence-electron chi connectivity index (χ4n) is 1.91. The molecule has 1 amide bonds. The van der Waals surface area contributed by atoms with Crippen molar-refractivity contribution in [1.82, 2.24) is 9.88 Å². The number of aromatic nitrogens is 1. The highest BCUT2D eigenvalue weighted by Gasteiger charge is 2.21. The van der Waals surface area contributed by atoms with Gasteiger partial charge in [-0.25, -0.2) is 4.98 Å². The van der Waals surface area contributed by atoms with Crippen molar-refractivity contribution in [2.45, 2.75) is 26.5 Å². The molecular weight excluding hydrogens is 405 g/mol. The van der Waals surface area contributed by atoms with E-state index in [0.29, 0.717) is 34.5 Å². The highest BCUT2D eigenvalue weighted by atomic mass is 35.5. The van der Waals surface area contributed by atoms with Crippen LogP contribution in [0.5, 0.6) is 5.75 Å². The first-order valence-corrected chi connectivity index (χ1v) is 8.43. The highest BCUT2D eigenvalue weighted by Crippen LogP contribution is 2.23. The van der Waals surface area contributed by atoms with Crippen LogP contribution in [0, 0.1) is 6.92 Å². The number of likely N-dealkylation sites (N-methyl/N-ethyl adjacent to an activating group) is 1. The van der Waals surface area contributed by atoms with Crippen molar-refractivity contribution < 1.29 is 9.53 Å². The molecule has 2 aromatic rings. The third kappa shape index (κ3) is 6.31. The van der Waals surface area contributed by atoms with E-state index >= 15 is 0 Å². The Balaban J connectivity index is 0.00000288. The Morgan fingerprint density at radius 3 is 2.52 bits per heavy atom. The number of aryl methyl sites for hydroxylation is 1. The molecule has 9 heteroatoms. The fourth-order valence-corrected chi connectivity index (χ4v) is 2.99. The van der Waals surface area contributed by atoms with Crippen molar-refractivity contribution in [3.05, 3.63) is 44.9 Å². The van der Waals surface area contributed by atoms with Crippen molar-refractivity contribution in [3.63, 3.8) is 0 Å². The van der Waals surface area contributed by atoms with Gasteiger partial charge in [-0.2, -0.15) is 0 Å². The second-order valence-corrected chi connectivity index (χ2v) is 6.79. The standard InChI is InChI=1S/C16H20ClN3O2S.2ClH/c1-10(8-18)20(3)16(21)15-11(2)19-14(23-15)9-22-13-6-4-12(17)5-7-13;;/h4-7,10H,8-9,18H2,1-3H3;2*1H. The van der Waals surface area contributed by atoms with Gasteiger partial charge in [0.25, 0.3) is 5.91 Å².